The van der Waals surface area contributed by atoms with Gasteiger partial charge in [-0.25, -0.2) is 36.1 Å². The van der Waals surface area contributed by atoms with E-state index in [0.29, 0.717) is 25.2 Å². The van der Waals surface area contributed by atoms with Crippen LogP contribution >= 0.6 is 0 Å². The molecule has 0 amide bonds. The Morgan fingerprint density at radius 1 is 0.853 bits per heavy atom. The summed E-state index contributed by atoms with van der Waals surface area (Å²) in [5, 5.41) is 8.66. The third-order valence-corrected chi connectivity index (χ3v) is 11.5. The van der Waals surface area contributed by atoms with Crippen molar-refractivity contribution in [3.05, 3.63) is 0 Å². The molecule has 10 nitrogen and oxygen atoms in total. The average molecular weight is 520 g/mol. The van der Waals surface area contributed by atoms with Crippen LogP contribution in [-0.2, 0) is 29.6 Å². The lowest BCUT2D eigenvalue weighted by molar-refractivity contribution is -0.143. The van der Waals surface area contributed by atoms with Crippen molar-refractivity contribution < 1.29 is 31.5 Å². The molecule has 0 aliphatic heterocycles. The number of sulfonamides is 2. The fraction of sp³-hybridized carbons (Fsp3) is 0.909. The van der Waals surface area contributed by atoms with Crippen molar-refractivity contribution in [3.8, 4) is 0 Å². The van der Waals surface area contributed by atoms with Crippen LogP contribution in [0.4, 0.5) is 0 Å². The van der Waals surface area contributed by atoms with Gasteiger partial charge in [-0.05, 0) is 63.2 Å². The highest BCUT2D eigenvalue weighted by Crippen LogP contribution is 2.37. The number of hydrogen-bond acceptors (Lipinski definition) is 7. The molecule has 0 aromatic carbocycles. The summed E-state index contributed by atoms with van der Waals surface area (Å²) < 4.78 is 52.5. The van der Waals surface area contributed by atoms with Gasteiger partial charge in [0, 0.05) is 12.1 Å². The second-order valence-electron chi connectivity index (χ2n) is 10.1. The Kier molecular flexibility index (Phi) is 8.95. The van der Waals surface area contributed by atoms with E-state index in [1.807, 2.05) is 13.8 Å². The minimum Gasteiger partial charge on any atom is -0.481 e. The summed E-state index contributed by atoms with van der Waals surface area (Å²) in [4.78, 5) is 25.1. The monoisotopic (exact) mass is 519 g/mol. The fourth-order valence-electron chi connectivity index (χ4n) is 5.25. The van der Waals surface area contributed by atoms with Gasteiger partial charge in [0.15, 0.2) is 0 Å². The molecule has 12 heteroatoms. The summed E-state index contributed by atoms with van der Waals surface area (Å²) in [5.41, 5.74) is 0. The number of rotatable bonds is 10. The molecule has 34 heavy (non-hydrogen) atoms. The number of nitrogens with zero attached hydrogens (tertiary/aromatic N) is 1. The first kappa shape index (κ1) is 27.3. The number of nitrogens with one attached hydrogen (secondary N) is 2. The second-order valence-corrected chi connectivity index (χ2v) is 14.1. The Morgan fingerprint density at radius 3 is 1.71 bits per heavy atom. The molecule has 3 unspecified atom stereocenters. The number of carbonyl (C=O) groups excluding carboxylic acids is 1. The van der Waals surface area contributed by atoms with E-state index in [-0.39, 0.29) is 34.5 Å². The summed E-state index contributed by atoms with van der Waals surface area (Å²) in [6.45, 7) is 3.99. The van der Waals surface area contributed by atoms with E-state index in [1.165, 1.54) is 0 Å². The highest BCUT2D eigenvalue weighted by molar-refractivity contribution is 7.90. The molecule has 0 aromatic heterocycles. The largest absolute Gasteiger partial charge is 0.481 e. The molecule has 0 aromatic rings. The molecule has 4 aliphatic rings. The standard InChI is InChI=1S/C11H18N2O3S.C11H19NO4S/c1-2-8-5-9(6-11(8)12-7-14)13-17(15,16)10-3-4-10;1-2-7-5-8(6-10(7)11(13)14)12-17(15,16)9-3-4-9/h8-11,13H,2-6H2,1H3;7-10,12H,2-6H2,1H3,(H,13,14)/t8-,9?,11?;7-,8?,10+/m11/s1. The van der Waals surface area contributed by atoms with Gasteiger partial charge in [-0.3, -0.25) is 4.79 Å². The van der Waals surface area contributed by atoms with Crippen LogP contribution in [0.5, 0.6) is 0 Å². The molecule has 194 valence electrons. The van der Waals surface area contributed by atoms with Crippen LogP contribution in [-0.4, -0.2) is 62.6 Å². The van der Waals surface area contributed by atoms with Gasteiger partial charge >= 0.3 is 5.97 Å². The Bertz CT molecular complexity index is 920. The number of isocyanates is 1. The third kappa shape index (κ3) is 7.10. The number of carboxylic acid groups (broad SMARTS) is 1. The van der Waals surface area contributed by atoms with Crippen LogP contribution in [0.2, 0.25) is 0 Å². The predicted molar refractivity (Wildman–Crippen MR) is 127 cm³/mol. The zero-order valence-corrected chi connectivity index (χ0v) is 21.5. The summed E-state index contributed by atoms with van der Waals surface area (Å²) in [6.07, 6.45) is 8.80. The molecule has 4 rings (SSSR count). The Hall–Kier alpha value is -1.33. The number of aliphatic carboxylic acids is 1. The van der Waals surface area contributed by atoms with Gasteiger partial charge in [0.2, 0.25) is 26.1 Å². The molecule has 4 saturated carbocycles. The van der Waals surface area contributed by atoms with E-state index in [9.17, 15) is 26.4 Å². The first-order chi connectivity index (χ1) is 16.0. The lowest BCUT2D eigenvalue weighted by Gasteiger charge is -2.12. The first-order valence-electron chi connectivity index (χ1n) is 12.3. The van der Waals surface area contributed by atoms with E-state index in [0.717, 1.165) is 44.9 Å². The zero-order valence-electron chi connectivity index (χ0n) is 19.9. The maximum atomic E-state index is 11.8. The molecule has 0 spiro atoms. The number of hydrogen-bond donors (Lipinski definition) is 3. The Morgan fingerprint density at radius 2 is 1.32 bits per heavy atom. The number of carboxylic acids is 1. The van der Waals surface area contributed by atoms with Gasteiger partial charge in [0.25, 0.3) is 0 Å². The molecule has 4 fully saturated rings. The maximum absolute atomic E-state index is 11.8. The van der Waals surface area contributed by atoms with Gasteiger partial charge in [-0.1, -0.05) is 26.7 Å². The molecular formula is C22H37N3O7S2. The highest BCUT2D eigenvalue weighted by atomic mass is 32.2. The Labute approximate surface area is 202 Å². The van der Waals surface area contributed by atoms with Gasteiger partial charge < -0.3 is 5.11 Å². The van der Waals surface area contributed by atoms with E-state index in [2.05, 4.69) is 14.4 Å². The molecular weight excluding hydrogens is 482 g/mol. The van der Waals surface area contributed by atoms with Crippen molar-refractivity contribution >= 4 is 32.1 Å². The van der Waals surface area contributed by atoms with Crippen molar-refractivity contribution in [3.63, 3.8) is 0 Å². The quantitative estimate of drug-likeness (QED) is 0.294. The number of carbonyl (C=O) groups is 1. The van der Waals surface area contributed by atoms with Gasteiger partial charge in [0.05, 0.1) is 22.5 Å². The van der Waals surface area contributed by atoms with Crippen molar-refractivity contribution in [1.29, 1.82) is 0 Å². The molecule has 0 radical (unpaired) electrons. The number of aliphatic imine (C=N–C) groups is 1. The smallest absolute Gasteiger partial charge is 0.306 e. The second kappa shape index (κ2) is 11.2. The van der Waals surface area contributed by atoms with Crippen LogP contribution in [0.25, 0.3) is 0 Å². The fourth-order valence-corrected chi connectivity index (χ4v) is 8.46. The minimum absolute atomic E-state index is 0.0624. The van der Waals surface area contributed by atoms with E-state index >= 15 is 0 Å². The molecule has 3 N–H and O–H groups in total. The zero-order chi connectivity index (χ0) is 25.1. The average Bonchev–Trinajstić information content (AvgIpc) is 3.68. The van der Waals surface area contributed by atoms with Gasteiger partial charge in [0.1, 0.15) is 0 Å². The van der Waals surface area contributed by atoms with E-state index in [1.54, 1.807) is 6.08 Å². The van der Waals surface area contributed by atoms with Crippen molar-refractivity contribution in [2.75, 3.05) is 0 Å². The first-order valence-corrected chi connectivity index (χ1v) is 15.4. The van der Waals surface area contributed by atoms with Crippen LogP contribution in [0.15, 0.2) is 4.99 Å². The Balaban J connectivity index is 0.000000191. The normalized spacial score (nSPS) is 33.6. The molecule has 0 saturated heterocycles. The van der Waals surface area contributed by atoms with Crippen molar-refractivity contribution in [2.45, 2.75) is 107 Å². The van der Waals surface area contributed by atoms with Crippen LogP contribution in [0.1, 0.15) is 78.1 Å². The maximum Gasteiger partial charge on any atom is 0.306 e. The lowest BCUT2D eigenvalue weighted by atomic mass is 9.94. The summed E-state index contributed by atoms with van der Waals surface area (Å²) in [6, 6.07) is -0.316. The summed E-state index contributed by atoms with van der Waals surface area (Å²) in [7, 11) is -6.32. The van der Waals surface area contributed by atoms with E-state index in [4.69, 9.17) is 5.11 Å². The molecule has 6 atom stereocenters. The van der Waals surface area contributed by atoms with Crippen LogP contribution < -0.4 is 9.44 Å². The summed E-state index contributed by atoms with van der Waals surface area (Å²) >= 11 is 0. The molecule has 4 aliphatic carbocycles. The molecule has 0 bridgehead atoms. The van der Waals surface area contributed by atoms with E-state index < -0.39 is 31.9 Å². The van der Waals surface area contributed by atoms with Crippen LogP contribution in [0, 0.1) is 17.8 Å². The van der Waals surface area contributed by atoms with Crippen molar-refractivity contribution in [1.82, 2.24) is 9.44 Å². The predicted octanol–water partition coefficient (Wildman–Crippen LogP) is 1.92. The molecule has 0 heterocycles. The topological polar surface area (TPSA) is 159 Å². The van der Waals surface area contributed by atoms with Crippen LogP contribution in [0.3, 0.4) is 0 Å². The minimum atomic E-state index is -3.19. The van der Waals surface area contributed by atoms with Crippen molar-refractivity contribution in [2.24, 2.45) is 22.7 Å². The van der Waals surface area contributed by atoms with Gasteiger partial charge in [-0.2, -0.15) is 0 Å². The highest BCUT2D eigenvalue weighted by Gasteiger charge is 2.43. The van der Waals surface area contributed by atoms with Gasteiger partial charge in [-0.15, -0.1) is 0 Å². The lowest BCUT2D eigenvalue weighted by Crippen LogP contribution is -2.35. The SMILES string of the molecule is CC[C@@H]1CC(NS(=O)(=O)C2CC2)CC1N=C=O.CC[C@@H]1CC(NS(=O)(=O)C2CC2)C[C@@H]1C(=O)O. The summed E-state index contributed by atoms with van der Waals surface area (Å²) in [5.74, 6) is -0.806. The third-order valence-electron chi connectivity index (χ3n) is 7.52.